The van der Waals surface area contributed by atoms with Gasteiger partial charge in [0.2, 0.25) is 0 Å². The lowest BCUT2D eigenvalue weighted by atomic mass is 9.78. The molecule has 1 heterocycles. The summed E-state index contributed by atoms with van der Waals surface area (Å²) in [6.45, 7) is 22.4. The molecule has 2 rings (SSSR count). The van der Waals surface area contributed by atoms with Gasteiger partial charge in [0.25, 0.3) is 0 Å². The third-order valence-electron chi connectivity index (χ3n) is 4.73. The molecule has 0 radical (unpaired) electrons. The zero-order valence-corrected chi connectivity index (χ0v) is 21.1. The van der Waals surface area contributed by atoms with Crippen LogP contribution >= 0.6 is 11.3 Å². The summed E-state index contributed by atoms with van der Waals surface area (Å²) in [5.74, 6) is 0.782. The number of nitriles is 1. The molecule has 0 aliphatic rings. The molecule has 0 saturated heterocycles. The second-order valence-electron chi connectivity index (χ2n) is 7.11. The molecular formula is C26H39N3S. The van der Waals surface area contributed by atoms with Gasteiger partial charge in [-0.1, -0.05) is 52.8 Å². The summed E-state index contributed by atoms with van der Waals surface area (Å²) in [6.07, 6.45) is 0.943. The Labute approximate surface area is 188 Å². The normalized spacial score (nSPS) is 13.5. The molecule has 2 unspecified atom stereocenters. The highest BCUT2D eigenvalue weighted by molar-refractivity contribution is 7.10. The predicted molar refractivity (Wildman–Crippen MR) is 135 cm³/mol. The Bertz CT molecular complexity index is 882. The molecule has 0 amide bonds. The number of aryl methyl sites for hydroxylation is 1. The first-order chi connectivity index (χ1) is 14.2. The van der Waals surface area contributed by atoms with E-state index < -0.39 is 5.54 Å². The molecular weight excluding hydrogens is 386 g/mol. The number of nitrogens with two attached hydrogens (primary N) is 1. The van der Waals surface area contributed by atoms with Crippen molar-refractivity contribution >= 4 is 17.2 Å². The van der Waals surface area contributed by atoms with Crippen LogP contribution in [0.15, 0.2) is 46.8 Å². The van der Waals surface area contributed by atoms with Crippen molar-refractivity contribution in [3.8, 4) is 17.2 Å². The third kappa shape index (κ3) is 6.85. The second kappa shape index (κ2) is 13.0. The van der Waals surface area contributed by atoms with Gasteiger partial charge in [0, 0.05) is 10.8 Å². The summed E-state index contributed by atoms with van der Waals surface area (Å²) >= 11 is 1.69. The predicted octanol–water partition coefficient (Wildman–Crippen LogP) is 7.84. The lowest BCUT2D eigenvalue weighted by Gasteiger charge is -2.34. The van der Waals surface area contributed by atoms with E-state index in [1.54, 1.807) is 11.3 Å². The van der Waals surface area contributed by atoms with E-state index in [0.717, 1.165) is 33.6 Å². The van der Waals surface area contributed by atoms with Crippen LogP contribution in [0.4, 0.5) is 0 Å². The van der Waals surface area contributed by atoms with Crippen molar-refractivity contribution in [2.24, 2.45) is 16.6 Å². The quantitative estimate of drug-likeness (QED) is 0.291. The largest absolute Gasteiger partial charge is 0.388 e. The van der Waals surface area contributed by atoms with Crippen molar-refractivity contribution in [2.75, 3.05) is 0 Å². The Hall–Kier alpha value is -2.38. The Morgan fingerprint density at radius 2 is 1.77 bits per heavy atom. The molecule has 0 fully saturated rings. The average Bonchev–Trinajstić information content (AvgIpc) is 3.21. The molecule has 4 heteroatoms. The summed E-state index contributed by atoms with van der Waals surface area (Å²) < 4.78 is 0. The maximum absolute atomic E-state index is 9.24. The van der Waals surface area contributed by atoms with Gasteiger partial charge < -0.3 is 5.73 Å². The summed E-state index contributed by atoms with van der Waals surface area (Å²) in [4.78, 5) is 5.98. The van der Waals surface area contributed by atoms with E-state index in [1.165, 1.54) is 0 Å². The van der Waals surface area contributed by atoms with E-state index in [1.807, 2.05) is 53.7 Å². The first kappa shape index (κ1) is 27.6. The number of hydrogen-bond donors (Lipinski definition) is 1. The van der Waals surface area contributed by atoms with Gasteiger partial charge in [-0.05, 0) is 74.4 Å². The molecule has 0 saturated carbocycles. The summed E-state index contributed by atoms with van der Waals surface area (Å²) in [6, 6.07) is 10.4. The molecule has 3 nitrogen and oxygen atoms in total. The van der Waals surface area contributed by atoms with E-state index in [2.05, 4.69) is 50.9 Å². The summed E-state index contributed by atoms with van der Waals surface area (Å²) in [5.41, 5.74) is 10.6. The minimum Gasteiger partial charge on any atom is -0.388 e. The van der Waals surface area contributed by atoms with Crippen LogP contribution < -0.4 is 5.73 Å². The Kier molecular flexibility index (Phi) is 12.0. The fourth-order valence-electron chi connectivity index (χ4n) is 3.66. The van der Waals surface area contributed by atoms with Crippen LogP contribution in [-0.2, 0) is 5.54 Å². The van der Waals surface area contributed by atoms with Crippen LogP contribution in [0, 0.1) is 24.2 Å². The number of benzene rings is 1. The monoisotopic (exact) mass is 425 g/mol. The topological polar surface area (TPSA) is 62.2 Å². The van der Waals surface area contributed by atoms with E-state index in [9.17, 15) is 5.26 Å². The number of amidine groups is 1. The van der Waals surface area contributed by atoms with E-state index >= 15 is 0 Å². The molecule has 0 aliphatic heterocycles. The maximum atomic E-state index is 9.24. The van der Waals surface area contributed by atoms with Crippen molar-refractivity contribution in [2.45, 2.75) is 74.3 Å². The number of aliphatic imine (C=N–C) groups is 1. The smallest absolute Gasteiger partial charge is 0.100 e. The number of rotatable bonds is 6. The van der Waals surface area contributed by atoms with Gasteiger partial charge in [-0.2, -0.15) is 5.26 Å². The highest BCUT2D eigenvalue weighted by atomic mass is 32.1. The van der Waals surface area contributed by atoms with Crippen LogP contribution in [0.25, 0.3) is 11.1 Å². The van der Waals surface area contributed by atoms with Gasteiger partial charge in [0.15, 0.2) is 0 Å². The molecule has 2 N–H and O–H groups in total. The summed E-state index contributed by atoms with van der Waals surface area (Å²) in [7, 11) is 0. The van der Waals surface area contributed by atoms with Gasteiger partial charge in [-0.3, -0.25) is 4.99 Å². The first-order valence-electron chi connectivity index (χ1n) is 10.8. The second-order valence-corrected chi connectivity index (χ2v) is 8.02. The molecule has 1 aromatic carbocycles. The number of thiophene rings is 1. The highest BCUT2D eigenvalue weighted by Crippen LogP contribution is 2.43. The lowest BCUT2D eigenvalue weighted by molar-refractivity contribution is 0.345. The Balaban J connectivity index is 0.00000198. The minimum absolute atomic E-state index is 0.208. The van der Waals surface area contributed by atoms with E-state index in [-0.39, 0.29) is 5.92 Å². The van der Waals surface area contributed by atoms with Gasteiger partial charge in [-0.15, -0.1) is 11.3 Å². The Morgan fingerprint density at radius 3 is 2.23 bits per heavy atom. The van der Waals surface area contributed by atoms with Crippen molar-refractivity contribution in [3.63, 3.8) is 0 Å². The van der Waals surface area contributed by atoms with E-state index in [4.69, 9.17) is 10.7 Å². The van der Waals surface area contributed by atoms with Crippen LogP contribution in [-0.4, -0.2) is 5.84 Å². The SMILES string of the molecule is C=C(C)C(CC)C(C)(N=C(C)N)c1cc(-c2cc(C)cc(C#N)c2)cs1.CC.CC. The van der Waals surface area contributed by atoms with Crippen LogP contribution in [0.2, 0.25) is 0 Å². The fraction of sp³-hybridized carbons (Fsp3) is 0.462. The van der Waals surface area contributed by atoms with Gasteiger partial charge >= 0.3 is 0 Å². The van der Waals surface area contributed by atoms with E-state index in [0.29, 0.717) is 11.4 Å². The van der Waals surface area contributed by atoms with Crippen LogP contribution in [0.1, 0.15) is 77.8 Å². The van der Waals surface area contributed by atoms with Crippen molar-refractivity contribution in [1.29, 1.82) is 5.26 Å². The fourth-order valence-corrected chi connectivity index (χ4v) is 4.74. The summed E-state index contributed by atoms with van der Waals surface area (Å²) in [5, 5.41) is 11.4. The molecule has 30 heavy (non-hydrogen) atoms. The minimum atomic E-state index is -0.440. The Morgan fingerprint density at radius 1 is 1.17 bits per heavy atom. The molecule has 164 valence electrons. The van der Waals surface area contributed by atoms with Crippen molar-refractivity contribution in [3.05, 3.63) is 57.8 Å². The standard InChI is InChI=1S/C22H27N3S.2C2H6/c1-7-20(14(2)3)22(6,25-16(5)24)21-11-19(13-26-21)18-9-15(4)8-17(10-18)12-23;2*1-2/h8-11,13,20H,2,7H2,1,3-6H3,(H2,24,25);2*1-2H3. The van der Waals surface area contributed by atoms with Gasteiger partial charge in [0.1, 0.15) is 5.54 Å². The van der Waals surface area contributed by atoms with Crippen LogP contribution in [0.3, 0.4) is 0 Å². The maximum Gasteiger partial charge on any atom is 0.100 e. The zero-order chi connectivity index (χ0) is 23.5. The first-order valence-corrected chi connectivity index (χ1v) is 11.7. The average molecular weight is 426 g/mol. The molecule has 0 aliphatic carbocycles. The molecule has 0 bridgehead atoms. The van der Waals surface area contributed by atoms with Crippen LogP contribution in [0.5, 0.6) is 0 Å². The lowest BCUT2D eigenvalue weighted by Crippen LogP contribution is -2.32. The molecule has 0 spiro atoms. The van der Waals surface area contributed by atoms with Gasteiger partial charge in [-0.25, -0.2) is 0 Å². The molecule has 2 aromatic rings. The van der Waals surface area contributed by atoms with Gasteiger partial charge in [0.05, 0.1) is 17.5 Å². The third-order valence-corrected chi connectivity index (χ3v) is 5.89. The highest BCUT2D eigenvalue weighted by Gasteiger charge is 2.36. The molecule has 2 atom stereocenters. The number of hydrogen-bond acceptors (Lipinski definition) is 3. The van der Waals surface area contributed by atoms with Crippen molar-refractivity contribution in [1.82, 2.24) is 0 Å². The molecule has 1 aromatic heterocycles. The zero-order valence-electron chi connectivity index (χ0n) is 20.3. The van der Waals surface area contributed by atoms with Crippen molar-refractivity contribution < 1.29 is 0 Å². The number of nitrogens with zero attached hydrogens (tertiary/aromatic N) is 2.